The predicted molar refractivity (Wildman–Crippen MR) is 71.6 cm³/mol. The van der Waals surface area contributed by atoms with Gasteiger partial charge in [-0.1, -0.05) is 12.1 Å². The smallest absolute Gasteiger partial charge is 0.184 e. The van der Waals surface area contributed by atoms with Gasteiger partial charge in [-0.05, 0) is 17.7 Å². The Kier molecular flexibility index (Phi) is 5.51. The largest absolute Gasteiger partial charge is 0.497 e. The fourth-order valence-corrected chi connectivity index (χ4v) is 2.20. The number of hydrogen-bond acceptors (Lipinski definition) is 7. The Labute approximate surface area is 122 Å². The summed E-state index contributed by atoms with van der Waals surface area (Å²) in [5, 5.41) is 37.9. The molecule has 7 heteroatoms. The molecule has 7 nitrogen and oxygen atoms in total. The third kappa shape index (κ3) is 3.70. The minimum atomic E-state index is -1.45. The van der Waals surface area contributed by atoms with Crippen molar-refractivity contribution < 1.29 is 34.6 Å². The summed E-state index contributed by atoms with van der Waals surface area (Å²) in [5.41, 5.74) is 0.835. The Morgan fingerprint density at radius 1 is 1.24 bits per heavy atom. The van der Waals surface area contributed by atoms with Gasteiger partial charge >= 0.3 is 0 Å². The maximum absolute atomic E-state index is 9.82. The standard InChI is InChI=1S/C14H20O7/c1-19-9-4-2-8(3-5-9)7-20-13-11(17)14(18)21-12(13)10(16)6-15/h2-5,10-18H,6-7H2,1H3/t10-,11+,12+,13-,14+/m0/s1. The van der Waals surface area contributed by atoms with Crippen molar-refractivity contribution in [3.8, 4) is 5.75 Å². The van der Waals surface area contributed by atoms with E-state index in [-0.39, 0.29) is 6.61 Å². The first kappa shape index (κ1) is 16.2. The van der Waals surface area contributed by atoms with Gasteiger partial charge in [-0.25, -0.2) is 0 Å². The van der Waals surface area contributed by atoms with Gasteiger partial charge < -0.3 is 34.6 Å². The van der Waals surface area contributed by atoms with Gasteiger partial charge in [-0.15, -0.1) is 0 Å². The van der Waals surface area contributed by atoms with Gasteiger partial charge in [0.25, 0.3) is 0 Å². The van der Waals surface area contributed by atoms with E-state index in [9.17, 15) is 15.3 Å². The second kappa shape index (κ2) is 7.17. The molecule has 0 spiro atoms. The normalized spacial score (nSPS) is 30.3. The summed E-state index contributed by atoms with van der Waals surface area (Å²) in [6.45, 7) is -0.386. The van der Waals surface area contributed by atoms with E-state index in [2.05, 4.69) is 0 Å². The molecule has 0 radical (unpaired) electrons. The summed E-state index contributed by atoms with van der Waals surface area (Å²) in [6, 6.07) is 7.15. The van der Waals surface area contributed by atoms with Crippen molar-refractivity contribution in [3.05, 3.63) is 29.8 Å². The predicted octanol–water partition coefficient (Wildman–Crippen LogP) is -0.988. The maximum Gasteiger partial charge on any atom is 0.184 e. The minimum absolute atomic E-state index is 0.163. The Bertz CT molecular complexity index is 435. The molecule has 1 heterocycles. The van der Waals surface area contributed by atoms with Crippen LogP contribution in [0.25, 0.3) is 0 Å². The number of ether oxygens (including phenoxy) is 3. The van der Waals surface area contributed by atoms with E-state index in [1.54, 1.807) is 31.4 Å². The van der Waals surface area contributed by atoms with E-state index in [0.717, 1.165) is 5.56 Å². The molecule has 0 unspecified atom stereocenters. The van der Waals surface area contributed by atoms with Gasteiger partial charge in [0.1, 0.15) is 30.2 Å². The van der Waals surface area contributed by atoms with Crippen LogP contribution in [0.1, 0.15) is 5.56 Å². The summed E-state index contributed by atoms with van der Waals surface area (Å²) in [6.07, 6.45) is -5.88. The second-order valence-corrected chi connectivity index (χ2v) is 4.86. The van der Waals surface area contributed by atoms with Crippen LogP contribution in [0.2, 0.25) is 0 Å². The highest BCUT2D eigenvalue weighted by Crippen LogP contribution is 2.26. The van der Waals surface area contributed by atoms with Crippen molar-refractivity contribution in [3.63, 3.8) is 0 Å². The van der Waals surface area contributed by atoms with Gasteiger partial charge in [0.15, 0.2) is 6.29 Å². The van der Waals surface area contributed by atoms with Crippen molar-refractivity contribution >= 4 is 0 Å². The molecule has 1 aliphatic heterocycles. The lowest BCUT2D eigenvalue weighted by molar-refractivity contribution is -0.151. The molecule has 1 aliphatic rings. The molecule has 2 rings (SSSR count). The molecule has 118 valence electrons. The van der Waals surface area contributed by atoms with Crippen LogP contribution in [0.4, 0.5) is 0 Å². The zero-order chi connectivity index (χ0) is 15.4. The summed E-state index contributed by atoms with van der Waals surface area (Å²) < 4.78 is 15.6. The fourth-order valence-electron chi connectivity index (χ4n) is 2.20. The van der Waals surface area contributed by atoms with Crippen molar-refractivity contribution in [1.82, 2.24) is 0 Å². The summed E-state index contributed by atoms with van der Waals surface area (Å²) in [5.74, 6) is 0.715. The first-order valence-corrected chi connectivity index (χ1v) is 6.62. The van der Waals surface area contributed by atoms with Crippen LogP contribution in [-0.4, -0.2) is 64.8 Å². The molecular weight excluding hydrogens is 280 g/mol. The zero-order valence-corrected chi connectivity index (χ0v) is 11.6. The number of hydrogen-bond donors (Lipinski definition) is 4. The van der Waals surface area contributed by atoms with Crippen LogP contribution in [0.15, 0.2) is 24.3 Å². The number of aliphatic hydroxyl groups excluding tert-OH is 4. The first-order chi connectivity index (χ1) is 10.1. The molecule has 1 fully saturated rings. The molecule has 0 aromatic heterocycles. The number of aliphatic hydroxyl groups is 4. The lowest BCUT2D eigenvalue weighted by Gasteiger charge is -2.23. The molecule has 4 N–H and O–H groups in total. The topological polar surface area (TPSA) is 109 Å². The Morgan fingerprint density at radius 3 is 2.48 bits per heavy atom. The lowest BCUT2D eigenvalue weighted by Crippen LogP contribution is -2.42. The second-order valence-electron chi connectivity index (χ2n) is 4.86. The van der Waals surface area contributed by atoms with Crippen molar-refractivity contribution in [1.29, 1.82) is 0 Å². The van der Waals surface area contributed by atoms with Gasteiger partial charge in [0, 0.05) is 0 Å². The van der Waals surface area contributed by atoms with Crippen molar-refractivity contribution in [2.24, 2.45) is 0 Å². The summed E-state index contributed by atoms with van der Waals surface area (Å²) in [4.78, 5) is 0. The van der Waals surface area contributed by atoms with E-state index in [4.69, 9.17) is 19.3 Å². The lowest BCUT2D eigenvalue weighted by atomic mass is 10.1. The van der Waals surface area contributed by atoms with Gasteiger partial charge in [-0.3, -0.25) is 0 Å². The van der Waals surface area contributed by atoms with E-state index in [0.29, 0.717) is 5.75 Å². The third-order valence-electron chi connectivity index (χ3n) is 3.42. The molecule has 1 aromatic rings. The highest BCUT2D eigenvalue weighted by Gasteiger charge is 2.46. The van der Waals surface area contributed by atoms with Crippen LogP contribution in [0.3, 0.4) is 0 Å². The zero-order valence-electron chi connectivity index (χ0n) is 11.6. The summed E-state index contributed by atoms with van der Waals surface area (Å²) >= 11 is 0. The minimum Gasteiger partial charge on any atom is -0.497 e. The average Bonchev–Trinajstić information content (AvgIpc) is 2.80. The van der Waals surface area contributed by atoms with E-state index < -0.39 is 37.3 Å². The monoisotopic (exact) mass is 300 g/mol. The number of benzene rings is 1. The van der Waals surface area contributed by atoms with Crippen molar-refractivity contribution in [2.45, 2.75) is 37.3 Å². The van der Waals surface area contributed by atoms with Gasteiger partial charge in [0.05, 0.1) is 20.3 Å². The molecule has 0 aliphatic carbocycles. The van der Waals surface area contributed by atoms with E-state index >= 15 is 0 Å². The van der Waals surface area contributed by atoms with E-state index in [1.165, 1.54) is 0 Å². The SMILES string of the molecule is COc1ccc(CO[C@H]2[C@@H](O)[C@H](O)O[C@@H]2[C@@H](O)CO)cc1. The van der Waals surface area contributed by atoms with E-state index in [1.807, 2.05) is 0 Å². The Balaban J connectivity index is 1.98. The molecule has 5 atom stereocenters. The number of rotatable bonds is 6. The maximum atomic E-state index is 9.82. The molecule has 21 heavy (non-hydrogen) atoms. The quantitative estimate of drug-likeness (QED) is 0.534. The van der Waals surface area contributed by atoms with Crippen LogP contribution >= 0.6 is 0 Å². The number of methoxy groups -OCH3 is 1. The molecule has 0 saturated carbocycles. The van der Waals surface area contributed by atoms with Crippen LogP contribution < -0.4 is 4.74 Å². The Morgan fingerprint density at radius 2 is 1.90 bits per heavy atom. The van der Waals surface area contributed by atoms with Gasteiger partial charge in [0.2, 0.25) is 0 Å². The van der Waals surface area contributed by atoms with Gasteiger partial charge in [-0.2, -0.15) is 0 Å². The molecule has 0 amide bonds. The first-order valence-electron chi connectivity index (χ1n) is 6.62. The van der Waals surface area contributed by atoms with Crippen LogP contribution in [-0.2, 0) is 16.1 Å². The molecule has 1 aromatic carbocycles. The highest BCUT2D eigenvalue weighted by atomic mass is 16.7. The third-order valence-corrected chi connectivity index (χ3v) is 3.42. The Hall–Kier alpha value is -1.22. The molecule has 1 saturated heterocycles. The average molecular weight is 300 g/mol. The van der Waals surface area contributed by atoms with Crippen LogP contribution in [0.5, 0.6) is 5.75 Å². The fraction of sp³-hybridized carbons (Fsp3) is 0.571. The molecule has 0 bridgehead atoms. The molecular formula is C14H20O7. The summed E-state index contributed by atoms with van der Waals surface area (Å²) in [7, 11) is 1.57. The van der Waals surface area contributed by atoms with Crippen molar-refractivity contribution in [2.75, 3.05) is 13.7 Å². The highest BCUT2D eigenvalue weighted by molar-refractivity contribution is 5.26. The van der Waals surface area contributed by atoms with Crippen LogP contribution in [0, 0.1) is 0 Å².